The van der Waals surface area contributed by atoms with Crippen molar-refractivity contribution in [2.75, 3.05) is 0 Å². The van der Waals surface area contributed by atoms with Crippen molar-refractivity contribution in [3.05, 3.63) is 0 Å². The van der Waals surface area contributed by atoms with Gasteiger partial charge in [-0.15, -0.1) is 0 Å². The fraction of sp³-hybridized carbons (Fsp3) is 0.600. The van der Waals surface area contributed by atoms with Crippen LogP contribution in [0.25, 0.3) is 0 Å². The number of hydrogen-bond donors (Lipinski definition) is 6. The van der Waals surface area contributed by atoms with Crippen LogP contribution in [0.2, 0.25) is 0 Å². The molecule has 0 aromatic rings. The van der Waals surface area contributed by atoms with Gasteiger partial charge in [0.25, 0.3) is 0 Å². The number of aliphatic carboxylic acids is 6. The molecule has 0 saturated heterocycles. The van der Waals surface area contributed by atoms with E-state index in [-0.39, 0.29) is 55.9 Å². The van der Waals surface area contributed by atoms with E-state index in [9.17, 15) is 44.1 Å². The van der Waals surface area contributed by atoms with Crippen LogP contribution in [-0.4, -0.2) is 69.3 Å². The number of carboxylic acid groups (broad SMARTS) is 6. The van der Waals surface area contributed by atoms with E-state index in [1.165, 1.54) is 0 Å². The van der Waals surface area contributed by atoms with Gasteiger partial charge >= 0.3 is 35.3 Å². The van der Waals surface area contributed by atoms with E-state index in [1.807, 2.05) is 0 Å². The molecule has 9 N–H and O–H groups in total. The zero-order chi connectivity index (χ0) is 24.4. The third kappa shape index (κ3) is 29.5. The number of carbonyl (C=O) groups is 6. The maximum Gasteiger partial charge on any atom is 3.00 e. The summed E-state index contributed by atoms with van der Waals surface area (Å²) >= 11 is 0. The van der Waals surface area contributed by atoms with Crippen LogP contribution >= 0.6 is 0 Å². The fourth-order valence-corrected chi connectivity index (χ4v) is 1.19. The molecule has 31 heavy (non-hydrogen) atoms. The normalized spacial score (nSPS) is 12.1. The molecule has 0 fully saturated rings. The first kappa shape index (κ1) is 35.7. The molecule has 177 valence electrons. The molecule has 0 aliphatic rings. The van der Waals surface area contributed by atoms with E-state index in [0.29, 0.717) is 0 Å². The van der Waals surface area contributed by atoms with Crippen LogP contribution in [0.5, 0.6) is 0 Å². The summed E-state index contributed by atoms with van der Waals surface area (Å²) in [6.07, 6.45) is -0.980. The second kappa shape index (κ2) is 20.5. The van der Waals surface area contributed by atoms with Gasteiger partial charge in [-0.1, -0.05) is 0 Å². The smallest absolute Gasteiger partial charge is 0.548 e. The molecule has 0 spiro atoms. The molecule has 0 amide bonds. The fourth-order valence-electron chi connectivity index (χ4n) is 1.19. The Bertz CT molecular complexity index is 521. The zero-order valence-corrected chi connectivity index (χ0v) is 17.4. The van der Waals surface area contributed by atoms with Gasteiger partial charge in [0.2, 0.25) is 0 Å². The minimum atomic E-state index is -1.42. The molecule has 16 heteroatoms. The van der Waals surface area contributed by atoms with Crippen molar-refractivity contribution in [3.63, 3.8) is 0 Å². The molecule has 0 heterocycles. The molecule has 0 aliphatic carbocycles. The Labute approximate surface area is 186 Å². The van der Waals surface area contributed by atoms with E-state index in [2.05, 4.69) is 0 Å². The Morgan fingerprint density at radius 3 is 0.806 bits per heavy atom. The average Bonchev–Trinajstić information content (AvgIpc) is 2.62. The topological polar surface area (TPSA) is 310 Å². The van der Waals surface area contributed by atoms with Crippen LogP contribution in [0.4, 0.5) is 0 Å². The van der Waals surface area contributed by atoms with Crippen LogP contribution in [0.1, 0.15) is 38.5 Å². The SMILES string of the molecule is N[C@@H](CCC(=O)O)C(=O)[O-].N[C@@H](CCC(=O)O)C(=O)[O-].N[C@@H](CCC(=O)O)C(=O)[O-].[Cr+3]. The molecule has 0 aliphatic heterocycles. The van der Waals surface area contributed by atoms with E-state index < -0.39 is 53.9 Å². The second-order valence-corrected chi connectivity index (χ2v) is 5.57. The van der Waals surface area contributed by atoms with Gasteiger partial charge in [0.05, 0.1) is 17.9 Å². The minimum Gasteiger partial charge on any atom is -0.548 e. The molecule has 0 saturated carbocycles. The third-order valence-corrected chi connectivity index (χ3v) is 2.92. The summed E-state index contributed by atoms with van der Waals surface area (Å²) in [7, 11) is 0. The Kier molecular flexibility index (Phi) is 23.6. The van der Waals surface area contributed by atoms with Crippen molar-refractivity contribution in [2.45, 2.75) is 56.7 Å². The number of nitrogens with two attached hydrogens (primary N) is 3. The first-order valence-electron chi connectivity index (χ1n) is 8.16. The van der Waals surface area contributed by atoms with Crippen LogP contribution in [0.3, 0.4) is 0 Å². The first-order valence-corrected chi connectivity index (χ1v) is 8.16. The molecular formula is C15H24CrN3O12. The standard InChI is InChI=1S/3C5H9NO4.Cr/c3*6-3(5(9)10)1-2-4(7)8;/h3*3H,1-2,6H2,(H,7,8)(H,9,10);/q;;;+3/p-3/t3*3-;/m000./s1. The van der Waals surface area contributed by atoms with Gasteiger partial charge in [-0.2, -0.15) is 0 Å². The van der Waals surface area contributed by atoms with Crippen molar-refractivity contribution in [1.29, 1.82) is 0 Å². The van der Waals surface area contributed by atoms with Gasteiger partial charge in [0, 0.05) is 37.4 Å². The Morgan fingerprint density at radius 1 is 0.548 bits per heavy atom. The molecule has 0 aromatic carbocycles. The van der Waals surface area contributed by atoms with E-state index >= 15 is 0 Å². The number of carboxylic acids is 6. The van der Waals surface area contributed by atoms with E-state index in [0.717, 1.165) is 0 Å². The molecule has 0 unspecified atom stereocenters. The summed E-state index contributed by atoms with van der Waals surface area (Å²) in [6, 6.07) is -3.51. The first-order chi connectivity index (χ1) is 13.6. The molecule has 3 atom stereocenters. The van der Waals surface area contributed by atoms with Crippen LogP contribution in [0.15, 0.2) is 0 Å². The van der Waals surface area contributed by atoms with Crippen molar-refractivity contribution in [2.24, 2.45) is 17.2 Å². The summed E-state index contributed by atoms with van der Waals surface area (Å²) in [5.41, 5.74) is 14.8. The van der Waals surface area contributed by atoms with Gasteiger partial charge in [-0.05, 0) is 19.3 Å². The average molecular weight is 490 g/mol. The van der Waals surface area contributed by atoms with Crippen molar-refractivity contribution >= 4 is 35.8 Å². The molecule has 15 nitrogen and oxygen atoms in total. The monoisotopic (exact) mass is 490 g/mol. The van der Waals surface area contributed by atoms with E-state index in [1.54, 1.807) is 0 Å². The van der Waals surface area contributed by atoms with E-state index in [4.69, 9.17) is 32.5 Å². The summed E-state index contributed by atoms with van der Waals surface area (Å²) < 4.78 is 0. The molecule has 0 rings (SSSR count). The van der Waals surface area contributed by atoms with Crippen molar-refractivity contribution in [3.8, 4) is 0 Å². The summed E-state index contributed by atoms with van der Waals surface area (Å²) in [4.78, 5) is 59.2. The van der Waals surface area contributed by atoms with Gasteiger partial charge in [0.15, 0.2) is 0 Å². The number of rotatable bonds is 12. The Morgan fingerprint density at radius 2 is 0.710 bits per heavy atom. The molecule has 1 radical (unpaired) electrons. The maximum atomic E-state index is 9.88. The van der Waals surface area contributed by atoms with Crippen molar-refractivity contribution in [1.82, 2.24) is 0 Å². The van der Waals surface area contributed by atoms with Crippen molar-refractivity contribution < 1.29 is 76.8 Å². The minimum absolute atomic E-state index is 0. The summed E-state index contributed by atoms with van der Waals surface area (Å²) in [6.45, 7) is 0. The molecule has 0 aromatic heterocycles. The Balaban J connectivity index is -0.000000174. The van der Waals surface area contributed by atoms with Crippen LogP contribution in [-0.2, 0) is 46.1 Å². The quantitative estimate of drug-likeness (QED) is 0.148. The van der Waals surface area contributed by atoms with Crippen LogP contribution < -0.4 is 32.5 Å². The van der Waals surface area contributed by atoms with Gasteiger partial charge in [0.1, 0.15) is 0 Å². The van der Waals surface area contributed by atoms with Gasteiger partial charge in [-0.3, -0.25) is 14.4 Å². The summed E-state index contributed by atoms with van der Waals surface area (Å²) in [5.74, 6) is -7.42. The second-order valence-electron chi connectivity index (χ2n) is 5.57. The largest absolute Gasteiger partial charge is 3.00 e. The molecule has 0 bridgehead atoms. The predicted molar refractivity (Wildman–Crippen MR) is 89.6 cm³/mol. The molecular weight excluding hydrogens is 466 g/mol. The third-order valence-electron chi connectivity index (χ3n) is 2.92. The number of carbonyl (C=O) groups excluding carboxylic acids is 3. The Hall–Kier alpha value is -2.77. The zero-order valence-electron chi connectivity index (χ0n) is 16.1. The maximum absolute atomic E-state index is 9.88. The van der Waals surface area contributed by atoms with Gasteiger partial charge < -0.3 is 62.2 Å². The predicted octanol–water partition coefficient (Wildman–Crippen LogP) is -6.22. The summed E-state index contributed by atoms with van der Waals surface area (Å²) in [5, 5.41) is 53.9. The van der Waals surface area contributed by atoms with Gasteiger partial charge in [-0.25, -0.2) is 0 Å². The van der Waals surface area contributed by atoms with Crippen LogP contribution in [0, 0.1) is 0 Å². The number of hydrogen-bond acceptors (Lipinski definition) is 12.